The molecular formula is C11H21N3O4. The number of carbonyl (C=O) groups excluding carboxylic acids is 2. The Hall–Kier alpha value is -1.79. The highest BCUT2D eigenvalue weighted by atomic mass is 16.4. The fourth-order valence-electron chi connectivity index (χ4n) is 1.43. The number of amides is 3. The molecule has 0 heterocycles. The number of nitrogens with one attached hydrogen (secondary N) is 1. The summed E-state index contributed by atoms with van der Waals surface area (Å²) in [6.45, 7) is 5.43. The van der Waals surface area contributed by atoms with E-state index in [1.807, 2.05) is 0 Å². The molecule has 0 fully saturated rings. The summed E-state index contributed by atoms with van der Waals surface area (Å²) < 4.78 is 0. The number of rotatable bonds is 7. The number of nitrogens with two attached hydrogens (primary N) is 1. The van der Waals surface area contributed by atoms with Crippen LogP contribution in [0.15, 0.2) is 0 Å². The highest BCUT2D eigenvalue weighted by molar-refractivity contribution is 5.83. The first-order valence-corrected chi connectivity index (χ1v) is 5.83. The van der Waals surface area contributed by atoms with Crippen molar-refractivity contribution >= 4 is 17.9 Å². The number of nitrogens with zero attached hydrogens (tertiary/aromatic N) is 1. The summed E-state index contributed by atoms with van der Waals surface area (Å²) in [6.07, 6.45) is 0. The molecule has 0 aromatic heterocycles. The van der Waals surface area contributed by atoms with Gasteiger partial charge < -0.3 is 21.1 Å². The quantitative estimate of drug-likeness (QED) is 0.590. The van der Waals surface area contributed by atoms with Crippen molar-refractivity contribution in [3.63, 3.8) is 0 Å². The molecule has 0 aliphatic rings. The molecule has 1 unspecified atom stereocenters. The van der Waals surface area contributed by atoms with Gasteiger partial charge >= 0.3 is 12.0 Å². The van der Waals surface area contributed by atoms with Gasteiger partial charge in [0.05, 0.1) is 5.92 Å². The van der Waals surface area contributed by atoms with Crippen molar-refractivity contribution in [3.05, 3.63) is 0 Å². The molecule has 4 N–H and O–H groups in total. The Morgan fingerprint density at radius 2 is 1.89 bits per heavy atom. The van der Waals surface area contributed by atoms with Gasteiger partial charge in [-0.25, -0.2) is 4.79 Å². The molecule has 0 aromatic rings. The summed E-state index contributed by atoms with van der Waals surface area (Å²) in [7, 11) is 0. The van der Waals surface area contributed by atoms with Gasteiger partial charge in [-0.1, -0.05) is 13.8 Å². The fourth-order valence-corrected chi connectivity index (χ4v) is 1.43. The van der Waals surface area contributed by atoms with Crippen molar-refractivity contribution in [3.8, 4) is 0 Å². The number of primary amides is 1. The largest absolute Gasteiger partial charge is 0.481 e. The van der Waals surface area contributed by atoms with E-state index in [2.05, 4.69) is 5.32 Å². The molecule has 0 aromatic carbocycles. The van der Waals surface area contributed by atoms with Crippen LogP contribution in [0.3, 0.4) is 0 Å². The van der Waals surface area contributed by atoms with Crippen molar-refractivity contribution < 1.29 is 19.5 Å². The summed E-state index contributed by atoms with van der Waals surface area (Å²) >= 11 is 0. The number of hydrogen-bond donors (Lipinski definition) is 3. The Balaban J connectivity index is 4.37. The lowest BCUT2D eigenvalue weighted by atomic mass is 9.96. The normalized spacial score (nSPS) is 12.0. The number of carbonyl (C=O) groups is 3. The number of urea groups is 1. The fraction of sp³-hybridized carbons (Fsp3) is 0.727. The lowest BCUT2D eigenvalue weighted by molar-refractivity contribution is -0.143. The van der Waals surface area contributed by atoms with E-state index in [-0.39, 0.29) is 19.0 Å². The topological polar surface area (TPSA) is 113 Å². The van der Waals surface area contributed by atoms with Crippen LogP contribution in [0.5, 0.6) is 0 Å². The van der Waals surface area contributed by atoms with Crippen LogP contribution in [0.4, 0.5) is 4.79 Å². The van der Waals surface area contributed by atoms with Gasteiger partial charge in [-0.15, -0.1) is 0 Å². The van der Waals surface area contributed by atoms with Crippen LogP contribution >= 0.6 is 0 Å². The van der Waals surface area contributed by atoms with Crippen molar-refractivity contribution in [1.29, 1.82) is 0 Å². The van der Waals surface area contributed by atoms with Gasteiger partial charge in [0, 0.05) is 13.1 Å². The molecule has 0 aliphatic carbocycles. The molecule has 7 nitrogen and oxygen atoms in total. The van der Waals surface area contributed by atoms with Crippen LogP contribution in [0.25, 0.3) is 0 Å². The molecule has 0 radical (unpaired) electrons. The second kappa shape index (κ2) is 7.52. The zero-order valence-corrected chi connectivity index (χ0v) is 11.0. The van der Waals surface area contributed by atoms with Crippen molar-refractivity contribution in [1.82, 2.24) is 10.2 Å². The molecule has 18 heavy (non-hydrogen) atoms. The predicted molar refractivity (Wildman–Crippen MR) is 65.8 cm³/mol. The van der Waals surface area contributed by atoms with Gasteiger partial charge in [-0.3, -0.25) is 9.59 Å². The van der Waals surface area contributed by atoms with Crippen LogP contribution in [-0.4, -0.2) is 47.5 Å². The number of hydrogen-bond acceptors (Lipinski definition) is 3. The van der Waals surface area contributed by atoms with Gasteiger partial charge in [0.1, 0.15) is 6.54 Å². The Labute approximate surface area is 106 Å². The second-order valence-electron chi connectivity index (χ2n) is 4.36. The maximum absolute atomic E-state index is 11.7. The van der Waals surface area contributed by atoms with E-state index < -0.39 is 23.8 Å². The van der Waals surface area contributed by atoms with Crippen LogP contribution in [0.2, 0.25) is 0 Å². The van der Waals surface area contributed by atoms with E-state index in [0.29, 0.717) is 6.54 Å². The van der Waals surface area contributed by atoms with E-state index in [1.165, 1.54) is 4.90 Å². The van der Waals surface area contributed by atoms with E-state index in [0.717, 1.165) is 0 Å². The Kier molecular flexibility index (Phi) is 6.77. The third-order valence-electron chi connectivity index (χ3n) is 2.61. The van der Waals surface area contributed by atoms with Crippen LogP contribution < -0.4 is 11.1 Å². The van der Waals surface area contributed by atoms with Gasteiger partial charge in [-0.05, 0) is 12.8 Å². The van der Waals surface area contributed by atoms with E-state index in [1.54, 1.807) is 20.8 Å². The molecule has 0 spiro atoms. The minimum Gasteiger partial charge on any atom is -0.481 e. The molecule has 0 rings (SSSR count). The third-order valence-corrected chi connectivity index (χ3v) is 2.61. The highest BCUT2D eigenvalue weighted by Gasteiger charge is 2.23. The summed E-state index contributed by atoms with van der Waals surface area (Å²) in [6, 6.07) is -0.483. The maximum atomic E-state index is 11.7. The number of likely N-dealkylation sites (N-methyl/N-ethyl adjacent to an activating group) is 1. The highest BCUT2D eigenvalue weighted by Crippen LogP contribution is 2.09. The lowest BCUT2D eigenvalue weighted by Gasteiger charge is -2.22. The summed E-state index contributed by atoms with van der Waals surface area (Å²) in [5, 5.41) is 11.5. The SMILES string of the molecule is CCN(CC(N)=O)C(=O)NCC(C(=O)O)C(C)C. The van der Waals surface area contributed by atoms with E-state index >= 15 is 0 Å². The molecular weight excluding hydrogens is 238 g/mol. The molecule has 7 heteroatoms. The minimum absolute atomic E-state index is 0.0289. The molecule has 0 saturated heterocycles. The monoisotopic (exact) mass is 259 g/mol. The molecule has 0 saturated carbocycles. The van der Waals surface area contributed by atoms with Gasteiger partial charge in [0.25, 0.3) is 0 Å². The van der Waals surface area contributed by atoms with Crippen molar-refractivity contribution in [2.75, 3.05) is 19.6 Å². The molecule has 104 valence electrons. The molecule has 0 bridgehead atoms. The number of carboxylic acids is 1. The van der Waals surface area contributed by atoms with E-state index in [9.17, 15) is 14.4 Å². The van der Waals surface area contributed by atoms with Crippen LogP contribution in [0.1, 0.15) is 20.8 Å². The number of aliphatic carboxylic acids is 1. The molecule has 3 amide bonds. The van der Waals surface area contributed by atoms with Crippen LogP contribution in [0, 0.1) is 11.8 Å². The Morgan fingerprint density at radius 3 is 2.22 bits per heavy atom. The first-order chi connectivity index (χ1) is 8.29. The molecule has 0 aliphatic heterocycles. The molecule has 1 atom stereocenters. The summed E-state index contributed by atoms with van der Waals surface area (Å²) in [5.41, 5.74) is 5.00. The second-order valence-corrected chi connectivity index (χ2v) is 4.36. The Bertz CT molecular complexity index is 317. The zero-order chi connectivity index (χ0) is 14.3. The first-order valence-electron chi connectivity index (χ1n) is 5.83. The smallest absolute Gasteiger partial charge is 0.317 e. The zero-order valence-electron chi connectivity index (χ0n) is 11.0. The van der Waals surface area contributed by atoms with Gasteiger partial charge in [0.2, 0.25) is 5.91 Å². The van der Waals surface area contributed by atoms with E-state index in [4.69, 9.17) is 10.8 Å². The summed E-state index contributed by atoms with van der Waals surface area (Å²) in [5.74, 6) is -2.30. The predicted octanol–water partition coefficient (Wildman–Crippen LogP) is -0.140. The summed E-state index contributed by atoms with van der Waals surface area (Å²) in [4.78, 5) is 34.6. The van der Waals surface area contributed by atoms with Crippen molar-refractivity contribution in [2.45, 2.75) is 20.8 Å². The third kappa shape index (κ3) is 5.51. The average Bonchev–Trinajstić information content (AvgIpc) is 2.24. The van der Waals surface area contributed by atoms with Gasteiger partial charge in [0.15, 0.2) is 0 Å². The van der Waals surface area contributed by atoms with Crippen LogP contribution in [-0.2, 0) is 9.59 Å². The lowest BCUT2D eigenvalue weighted by Crippen LogP contribution is -2.46. The van der Waals surface area contributed by atoms with Crippen molar-refractivity contribution in [2.24, 2.45) is 17.6 Å². The first kappa shape index (κ1) is 16.2. The maximum Gasteiger partial charge on any atom is 0.317 e. The average molecular weight is 259 g/mol. The van der Waals surface area contributed by atoms with Gasteiger partial charge in [-0.2, -0.15) is 0 Å². The Morgan fingerprint density at radius 1 is 1.33 bits per heavy atom. The minimum atomic E-state index is -0.955. The standard InChI is InChI=1S/C11H21N3O4/c1-4-14(6-9(12)15)11(18)13-5-8(7(2)3)10(16)17/h7-8H,4-6H2,1-3H3,(H2,12,15)(H,13,18)(H,16,17). The number of carboxylic acid groups (broad SMARTS) is 1.